The minimum atomic E-state index is -4.42. The SMILES string of the molecule is CNc1cc(C(F)(F)F)nc(C)n1.Cl. The molecule has 1 heterocycles. The molecule has 0 amide bonds. The summed E-state index contributed by atoms with van der Waals surface area (Å²) in [5, 5.41) is 2.53. The summed E-state index contributed by atoms with van der Waals surface area (Å²) in [5.74, 6) is 0.263. The minimum absolute atomic E-state index is 0. The molecular formula is C7H9ClF3N3. The second-order valence-corrected chi connectivity index (χ2v) is 2.43. The third-order valence-electron chi connectivity index (χ3n) is 1.38. The van der Waals surface area contributed by atoms with Crippen molar-refractivity contribution in [2.24, 2.45) is 0 Å². The van der Waals surface area contributed by atoms with Crippen LogP contribution in [-0.2, 0) is 6.18 Å². The average molecular weight is 228 g/mol. The second-order valence-electron chi connectivity index (χ2n) is 2.43. The van der Waals surface area contributed by atoms with Crippen molar-refractivity contribution in [1.82, 2.24) is 9.97 Å². The Morgan fingerprint density at radius 2 is 1.86 bits per heavy atom. The predicted octanol–water partition coefficient (Wildman–Crippen LogP) is 2.27. The van der Waals surface area contributed by atoms with Gasteiger partial charge in [-0.25, -0.2) is 9.97 Å². The molecule has 0 unspecified atom stereocenters. The van der Waals surface area contributed by atoms with E-state index in [0.717, 1.165) is 6.07 Å². The van der Waals surface area contributed by atoms with E-state index in [1.54, 1.807) is 0 Å². The van der Waals surface area contributed by atoms with Crippen LogP contribution in [0.3, 0.4) is 0 Å². The molecule has 1 aromatic heterocycles. The topological polar surface area (TPSA) is 37.8 Å². The summed E-state index contributed by atoms with van der Waals surface area (Å²) < 4.78 is 36.5. The Balaban J connectivity index is 0.00000169. The highest BCUT2D eigenvalue weighted by Gasteiger charge is 2.33. The summed E-state index contributed by atoms with van der Waals surface area (Å²) >= 11 is 0. The number of rotatable bonds is 1. The number of halogens is 4. The lowest BCUT2D eigenvalue weighted by Crippen LogP contribution is -2.11. The largest absolute Gasteiger partial charge is 0.433 e. The Morgan fingerprint density at radius 1 is 1.29 bits per heavy atom. The van der Waals surface area contributed by atoms with Crippen LogP contribution in [0.2, 0.25) is 0 Å². The minimum Gasteiger partial charge on any atom is -0.373 e. The molecule has 0 aliphatic heterocycles. The maximum Gasteiger partial charge on any atom is 0.433 e. The number of hydrogen-bond acceptors (Lipinski definition) is 3. The van der Waals surface area contributed by atoms with Crippen LogP contribution in [0.25, 0.3) is 0 Å². The van der Waals surface area contributed by atoms with Crippen LogP contribution in [0, 0.1) is 6.92 Å². The van der Waals surface area contributed by atoms with E-state index < -0.39 is 11.9 Å². The molecule has 7 heteroatoms. The van der Waals surface area contributed by atoms with Crippen LogP contribution in [0.5, 0.6) is 0 Å². The van der Waals surface area contributed by atoms with Gasteiger partial charge in [-0.1, -0.05) is 0 Å². The molecule has 0 aliphatic carbocycles. The van der Waals surface area contributed by atoms with Crippen LogP contribution in [0.4, 0.5) is 19.0 Å². The van der Waals surface area contributed by atoms with Crippen LogP contribution in [0.15, 0.2) is 6.07 Å². The van der Waals surface area contributed by atoms with E-state index in [-0.39, 0.29) is 24.0 Å². The van der Waals surface area contributed by atoms with Gasteiger partial charge >= 0.3 is 6.18 Å². The Bertz CT molecular complexity index is 314. The molecule has 0 aromatic carbocycles. The van der Waals surface area contributed by atoms with E-state index in [0.29, 0.717) is 0 Å². The first-order valence-corrected chi connectivity index (χ1v) is 3.54. The van der Waals surface area contributed by atoms with E-state index in [1.807, 2.05) is 0 Å². The van der Waals surface area contributed by atoms with Crippen molar-refractivity contribution in [2.45, 2.75) is 13.1 Å². The Hall–Kier alpha value is -1.04. The molecule has 14 heavy (non-hydrogen) atoms. The number of alkyl halides is 3. The molecule has 1 aromatic rings. The van der Waals surface area contributed by atoms with Gasteiger partial charge in [0.2, 0.25) is 0 Å². The first-order valence-electron chi connectivity index (χ1n) is 3.54. The van der Waals surface area contributed by atoms with Gasteiger partial charge in [-0.15, -0.1) is 12.4 Å². The van der Waals surface area contributed by atoms with Crippen LogP contribution in [0.1, 0.15) is 11.5 Å². The van der Waals surface area contributed by atoms with Gasteiger partial charge in [0.05, 0.1) is 0 Å². The number of anilines is 1. The van der Waals surface area contributed by atoms with Crippen LogP contribution in [-0.4, -0.2) is 17.0 Å². The van der Waals surface area contributed by atoms with Gasteiger partial charge in [0.25, 0.3) is 0 Å². The lowest BCUT2D eigenvalue weighted by molar-refractivity contribution is -0.141. The van der Waals surface area contributed by atoms with Crippen molar-refractivity contribution in [3.8, 4) is 0 Å². The van der Waals surface area contributed by atoms with Crippen molar-refractivity contribution in [1.29, 1.82) is 0 Å². The van der Waals surface area contributed by atoms with Gasteiger partial charge in [0, 0.05) is 13.1 Å². The molecule has 3 nitrogen and oxygen atoms in total. The summed E-state index contributed by atoms with van der Waals surface area (Å²) in [6.45, 7) is 1.41. The Labute approximate surface area is 85.2 Å². The van der Waals surface area contributed by atoms with E-state index >= 15 is 0 Å². The standard InChI is InChI=1S/C7H8F3N3.ClH/c1-4-12-5(7(8,9)10)3-6(11-2)13-4;/h3H,1-2H3,(H,11,12,13);1H. The van der Waals surface area contributed by atoms with E-state index in [1.165, 1.54) is 14.0 Å². The van der Waals surface area contributed by atoms with Gasteiger partial charge in [0.1, 0.15) is 17.3 Å². The number of aromatic nitrogens is 2. The molecule has 1 rings (SSSR count). The highest BCUT2D eigenvalue weighted by atomic mass is 35.5. The molecular weight excluding hydrogens is 219 g/mol. The number of aryl methyl sites for hydroxylation is 1. The van der Waals surface area contributed by atoms with Crippen molar-refractivity contribution in [3.05, 3.63) is 17.6 Å². The lowest BCUT2D eigenvalue weighted by atomic mass is 10.3. The molecule has 0 fully saturated rings. The maximum atomic E-state index is 12.2. The maximum absolute atomic E-state index is 12.2. The Kier molecular flexibility index (Phi) is 4.12. The fourth-order valence-electron chi connectivity index (χ4n) is 0.841. The van der Waals surface area contributed by atoms with Crippen LogP contribution >= 0.6 is 12.4 Å². The third kappa shape index (κ3) is 3.02. The molecule has 0 bridgehead atoms. The summed E-state index contributed by atoms with van der Waals surface area (Å²) in [6, 6.07) is 0.868. The summed E-state index contributed by atoms with van der Waals surface area (Å²) in [5.41, 5.74) is -0.927. The molecule has 0 saturated heterocycles. The zero-order valence-corrected chi connectivity index (χ0v) is 8.33. The highest BCUT2D eigenvalue weighted by molar-refractivity contribution is 5.85. The van der Waals surface area contributed by atoms with Crippen molar-refractivity contribution < 1.29 is 13.2 Å². The number of hydrogen-bond donors (Lipinski definition) is 1. The van der Waals surface area contributed by atoms with Gasteiger partial charge in [-0.2, -0.15) is 13.2 Å². The van der Waals surface area contributed by atoms with Gasteiger partial charge in [-0.3, -0.25) is 0 Å². The molecule has 80 valence electrons. The first-order chi connectivity index (χ1) is 5.93. The smallest absolute Gasteiger partial charge is 0.373 e. The zero-order chi connectivity index (χ0) is 10.1. The normalized spacial score (nSPS) is 10.6. The molecule has 0 spiro atoms. The van der Waals surface area contributed by atoms with Gasteiger partial charge < -0.3 is 5.32 Å². The number of nitrogens with one attached hydrogen (secondary N) is 1. The molecule has 0 radical (unpaired) electrons. The molecule has 0 atom stereocenters. The van der Waals surface area contributed by atoms with Crippen molar-refractivity contribution >= 4 is 18.2 Å². The molecule has 0 saturated carbocycles. The van der Waals surface area contributed by atoms with Crippen molar-refractivity contribution in [2.75, 3.05) is 12.4 Å². The summed E-state index contributed by atoms with van der Waals surface area (Å²) in [4.78, 5) is 7.02. The summed E-state index contributed by atoms with van der Waals surface area (Å²) in [6.07, 6.45) is -4.42. The zero-order valence-electron chi connectivity index (χ0n) is 7.51. The molecule has 1 N–H and O–H groups in total. The quantitative estimate of drug-likeness (QED) is 0.800. The predicted molar refractivity (Wildman–Crippen MR) is 48.6 cm³/mol. The number of nitrogens with zero attached hydrogens (tertiary/aromatic N) is 2. The van der Waals surface area contributed by atoms with Crippen LogP contribution < -0.4 is 5.32 Å². The molecule has 0 aliphatic rings. The highest BCUT2D eigenvalue weighted by Crippen LogP contribution is 2.28. The van der Waals surface area contributed by atoms with Crippen molar-refractivity contribution in [3.63, 3.8) is 0 Å². The van der Waals surface area contributed by atoms with Gasteiger partial charge in [-0.05, 0) is 6.92 Å². The van der Waals surface area contributed by atoms with E-state index in [2.05, 4.69) is 15.3 Å². The fourth-order valence-corrected chi connectivity index (χ4v) is 0.841. The second kappa shape index (κ2) is 4.45. The first kappa shape index (κ1) is 13.0. The third-order valence-corrected chi connectivity index (χ3v) is 1.38. The van der Waals surface area contributed by atoms with E-state index in [9.17, 15) is 13.2 Å². The van der Waals surface area contributed by atoms with Gasteiger partial charge in [0.15, 0.2) is 0 Å². The fraction of sp³-hybridized carbons (Fsp3) is 0.429. The lowest BCUT2D eigenvalue weighted by Gasteiger charge is -2.07. The Morgan fingerprint density at radius 3 is 2.29 bits per heavy atom. The average Bonchev–Trinajstić information content (AvgIpc) is 2.01. The monoisotopic (exact) mass is 227 g/mol. The van der Waals surface area contributed by atoms with E-state index in [4.69, 9.17) is 0 Å². The summed E-state index contributed by atoms with van der Waals surface area (Å²) in [7, 11) is 1.50.